The monoisotopic (exact) mass is 477 g/mol. The van der Waals surface area contributed by atoms with Crippen molar-refractivity contribution >= 4 is 12.0 Å². The summed E-state index contributed by atoms with van der Waals surface area (Å²) in [6, 6.07) is 27.4. The van der Waals surface area contributed by atoms with Crippen LogP contribution >= 0.6 is 0 Å². The van der Waals surface area contributed by atoms with Crippen molar-refractivity contribution in [2.24, 2.45) is 5.92 Å². The van der Waals surface area contributed by atoms with Crippen molar-refractivity contribution in [3.63, 3.8) is 0 Å². The maximum absolute atomic E-state index is 11.9. The summed E-state index contributed by atoms with van der Waals surface area (Å²) in [6.45, 7) is 4.27. The lowest BCUT2D eigenvalue weighted by Crippen LogP contribution is -2.07. The molecule has 1 saturated carbocycles. The largest absolute Gasteiger partial charge is 0.466 e. The van der Waals surface area contributed by atoms with Crippen molar-refractivity contribution < 1.29 is 14.1 Å². The third-order valence-electron chi connectivity index (χ3n) is 6.83. The van der Waals surface area contributed by atoms with Gasteiger partial charge in [-0.1, -0.05) is 96.2 Å². The predicted molar refractivity (Wildman–Crippen MR) is 143 cm³/mol. The Morgan fingerprint density at radius 3 is 2.33 bits per heavy atom. The van der Waals surface area contributed by atoms with Crippen LogP contribution in [0.2, 0.25) is 0 Å². The van der Waals surface area contributed by atoms with E-state index < -0.39 is 0 Å². The zero-order valence-corrected chi connectivity index (χ0v) is 20.8. The number of aromatic nitrogens is 1. The lowest BCUT2D eigenvalue weighted by Gasteiger charge is -2.06. The summed E-state index contributed by atoms with van der Waals surface area (Å²) in [5.74, 6) is 1.02. The van der Waals surface area contributed by atoms with Crippen LogP contribution in [0.5, 0.6) is 0 Å². The quantitative estimate of drug-likeness (QED) is 0.233. The number of carbonyl (C=O) groups is 1. The van der Waals surface area contributed by atoms with E-state index in [9.17, 15) is 4.79 Å². The van der Waals surface area contributed by atoms with Gasteiger partial charge in [0.2, 0.25) is 0 Å². The fourth-order valence-electron chi connectivity index (χ4n) is 4.69. The molecule has 0 saturated heterocycles. The van der Waals surface area contributed by atoms with Crippen molar-refractivity contribution in [2.45, 2.75) is 39.0 Å². The molecule has 2 unspecified atom stereocenters. The van der Waals surface area contributed by atoms with Crippen LogP contribution in [0.1, 0.15) is 48.1 Å². The molecule has 4 heteroatoms. The normalized spacial score (nSPS) is 16.8. The fraction of sp³-hybridized carbons (Fsp3) is 0.250. The van der Waals surface area contributed by atoms with Crippen LogP contribution in [0.4, 0.5) is 0 Å². The second-order valence-corrected chi connectivity index (χ2v) is 9.34. The van der Waals surface area contributed by atoms with Crippen LogP contribution in [0.3, 0.4) is 0 Å². The molecule has 1 fully saturated rings. The molecule has 0 aliphatic heterocycles. The SMILES string of the molecule is CCOC(=O)C1CC1c1ccc(-c2ccc(-c3onc(C)c3/C=C/CCc3ccccc3)cc2)cc1. The van der Waals surface area contributed by atoms with Gasteiger partial charge in [0.1, 0.15) is 0 Å². The first-order valence-corrected chi connectivity index (χ1v) is 12.7. The van der Waals surface area contributed by atoms with Crippen LogP contribution in [0.15, 0.2) is 89.5 Å². The van der Waals surface area contributed by atoms with Crippen molar-refractivity contribution in [3.05, 3.63) is 107 Å². The van der Waals surface area contributed by atoms with Crippen LogP contribution in [0.25, 0.3) is 28.5 Å². The molecule has 4 aromatic rings. The molecule has 0 bridgehead atoms. The molecular weight excluding hydrogens is 446 g/mol. The summed E-state index contributed by atoms with van der Waals surface area (Å²) in [5, 5.41) is 4.21. The minimum absolute atomic E-state index is 0.0158. The average molecular weight is 478 g/mol. The zero-order chi connectivity index (χ0) is 24.9. The van der Waals surface area contributed by atoms with Gasteiger partial charge in [-0.15, -0.1) is 0 Å². The maximum Gasteiger partial charge on any atom is 0.309 e. The molecule has 2 atom stereocenters. The number of esters is 1. The van der Waals surface area contributed by atoms with Gasteiger partial charge in [-0.05, 0) is 61.3 Å². The molecule has 1 aromatic heterocycles. The van der Waals surface area contributed by atoms with Crippen LogP contribution in [0, 0.1) is 12.8 Å². The molecular formula is C32H31NO3. The van der Waals surface area contributed by atoms with E-state index in [1.165, 1.54) is 11.1 Å². The molecule has 1 aliphatic rings. The molecule has 5 rings (SSSR count). The molecule has 0 N–H and O–H groups in total. The van der Waals surface area contributed by atoms with Crippen molar-refractivity contribution in [2.75, 3.05) is 6.61 Å². The van der Waals surface area contributed by atoms with E-state index in [-0.39, 0.29) is 17.8 Å². The van der Waals surface area contributed by atoms with Crippen LogP contribution < -0.4 is 0 Å². The van der Waals surface area contributed by atoms with Gasteiger partial charge in [0.15, 0.2) is 5.76 Å². The fourth-order valence-corrected chi connectivity index (χ4v) is 4.69. The predicted octanol–water partition coefficient (Wildman–Crippen LogP) is 7.63. The Morgan fingerprint density at radius 1 is 0.972 bits per heavy atom. The van der Waals surface area contributed by atoms with Crippen molar-refractivity contribution in [1.82, 2.24) is 5.16 Å². The minimum atomic E-state index is -0.0739. The Hall–Kier alpha value is -3.92. The van der Waals surface area contributed by atoms with Crippen LogP contribution in [-0.4, -0.2) is 17.7 Å². The van der Waals surface area contributed by atoms with E-state index in [1.54, 1.807) is 0 Å². The number of carbonyl (C=O) groups excluding carboxylic acids is 1. The van der Waals surface area contributed by atoms with Gasteiger partial charge in [0.25, 0.3) is 0 Å². The molecule has 0 spiro atoms. The van der Waals surface area contributed by atoms with Gasteiger partial charge in [0.05, 0.1) is 18.2 Å². The van der Waals surface area contributed by atoms with Crippen molar-refractivity contribution in [3.8, 4) is 22.5 Å². The number of nitrogens with zero attached hydrogens (tertiary/aromatic N) is 1. The van der Waals surface area contributed by atoms with E-state index >= 15 is 0 Å². The topological polar surface area (TPSA) is 52.3 Å². The number of ether oxygens (including phenoxy) is 1. The highest BCUT2D eigenvalue weighted by Crippen LogP contribution is 2.48. The highest BCUT2D eigenvalue weighted by Gasteiger charge is 2.45. The molecule has 3 aromatic carbocycles. The first kappa shape index (κ1) is 23.8. The molecule has 36 heavy (non-hydrogen) atoms. The Morgan fingerprint density at radius 2 is 1.64 bits per heavy atom. The number of benzene rings is 3. The molecule has 1 aliphatic carbocycles. The number of hydrogen-bond acceptors (Lipinski definition) is 4. The first-order valence-electron chi connectivity index (χ1n) is 12.7. The molecule has 1 heterocycles. The Labute approximate surface area is 212 Å². The lowest BCUT2D eigenvalue weighted by molar-refractivity contribution is -0.144. The summed E-state index contributed by atoms with van der Waals surface area (Å²) in [6.07, 6.45) is 7.17. The van der Waals surface area contributed by atoms with E-state index in [4.69, 9.17) is 9.26 Å². The standard InChI is InChI=1S/C32H31NO3/c1-3-35-32(34)30-21-29(30)26-17-13-24(14-18-26)25-15-19-27(20-16-25)31-28(22(2)33-36-31)12-8-7-11-23-9-5-4-6-10-23/h4-6,8-10,12-20,29-30H,3,7,11,21H2,1-2H3/b12-8+. The maximum atomic E-state index is 11.9. The van der Waals surface area contributed by atoms with Gasteiger partial charge >= 0.3 is 5.97 Å². The number of allylic oxidation sites excluding steroid dienone is 1. The number of rotatable bonds is 9. The molecule has 182 valence electrons. The average Bonchev–Trinajstić information content (AvgIpc) is 3.64. The van der Waals surface area contributed by atoms with Gasteiger partial charge in [-0.3, -0.25) is 4.79 Å². The summed E-state index contributed by atoms with van der Waals surface area (Å²) in [7, 11) is 0. The first-order chi connectivity index (χ1) is 17.6. The van der Waals surface area contributed by atoms with E-state index in [1.807, 2.05) is 19.9 Å². The third-order valence-corrected chi connectivity index (χ3v) is 6.83. The highest BCUT2D eigenvalue weighted by atomic mass is 16.5. The Kier molecular flexibility index (Phi) is 7.13. The summed E-state index contributed by atoms with van der Waals surface area (Å²) < 4.78 is 10.9. The van der Waals surface area contributed by atoms with Gasteiger partial charge in [0, 0.05) is 11.1 Å². The summed E-state index contributed by atoms with van der Waals surface area (Å²) in [4.78, 5) is 11.9. The molecule has 0 radical (unpaired) electrons. The molecule has 4 nitrogen and oxygen atoms in total. The zero-order valence-electron chi connectivity index (χ0n) is 20.8. The van der Waals surface area contributed by atoms with E-state index in [2.05, 4.69) is 90.1 Å². The van der Waals surface area contributed by atoms with Crippen LogP contribution in [-0.2, 0) is 16.0 Å². The second kappa shape index (κ2) is 10.8. The summed E-state index contributed by atoms with van der Waals surface area (Å²) in [5.41, 5.74) is 7.75. The third kappa shape index (κ3) is 5.33. The number of hydrogen-bond donors (Lipinski definition) is 0. The lowest BCUT2D eigenvalue weighted by atomic mass is 9.99. The smallest absolute Gasteiger partial charge is 0.309 e. The van der Waals surface area contributed by atoms with Gasteiger partial charge in [-0.2, -0.15) is 0 Å². The minimum Gasteiger partial charge on any atom is -0.466 e. The van der Waals surface area contributed by atoms with E-state index in [0.29, 0.717) is 6.61 Å². The Bertz CT molecular complexity index is 1330. The van der Waals surface area contributed by atoms with E-state index in [0.717, 1.165) is 53.0 Å². The Balaban J connectivity index is 1.25. The summed E-state index contributed by atoms with van der Waals surface area (Å²) >= 11 is 0. The second-order valence-electron chi connectivity index (χ2n) is 9.34. The van der Waals surface area contributed by atoms with Crippen molar-refractivity contribution in [1.29, 1.82) is 0 Å². The number of aryl methyl sites for hydroxylation is 2. The molecule has 0 amide bonds. The van der Waals surface area contributed by atoms with Gasteiger partial charge in [-0.25, -0.2) is 0 Å². The highest BCUT2D eigenvalue weighted by molar-refractivity contribution is 5.78. The van der Waals surface area contributed by atoms with Gasteiger partial charge < -0.3 is 9.26 Å².